The number of hydrogen-bond acceptors (Lipinski definition) is 4. The third-order valence-corrected chi connectivity index (χ3v) is 3.39. The largest absolute Gasteiger partial charge is 0.496 e. The van der Waals surface area contributed by atoms with Crippen LogP contribution in [0.5, 0.6) is 5.75 Å². The highest BCUT2D eigenvalue weighted by Crippen LogP contribution is 2.34. The highest BCUT2D eigenvalue weighted by Gasteiger charge is 2.17. The van der Waals surface area contributed by atoms with Gasteiger partial charge in [-0.15, -0.1) is 0 Å². The minimum atomic E-state index is 0.251. The number of likely N-dealkylation sites (N-methyl/N-ethyl adjacent to an activating group) is 1. The minimum absolute atomic E-state index is 0.251. The summed E-state index contributed by atoms with van der Waals surface area (Å²) in [7, 11) is 3.82. The van der Waals surface area contributed by atoms with Crippen LogP contribution in [0.4, 0.5) is 5.69 Å². The number of ether oxygens (including phenoxy) is 2. The zero-order chi connectivity index (χ0) is 15.0. The molecule has 1 N–H and O–H groups in total. The van der Waals surface area contributed by atoms with Crippen LogP contribution in [0.3, 0.4) is 0 Å². The van der Waals surface area contributed by atoms with E-state index in [0.29, 0.717) is 0 Å². The van der Waals surface area contributed by atoms with Crippen LogP contribution in [-0.4, -0.2) is 40.5 Å². The summed E-state index contributed by atoms with van der Waals surface area (Å²) >= 11 is 0. The number of nitrogens with one attached hydrogen (secondary N) is 1. The van der Waals surface area contributed by atoms with Crippen LogP contribution in [0.2, 0.25) is 0 Å². The van der Waals surface area contributed by atoms with E-state index >= 15 is 0 Å². The highest BCUT2D eigenvalue weighted by molar-refractivity contribution is 5.60. The Morgan fingerprint density at radius 1 is 1.30 bits per heavy atom. The summed E-state index contributed by atoms with van der Waals surface area (Å²) in [6.07, 6.45) is 0. The molecule has 1 aromatic rings. The molecule has 0 fully saturated rings. The van der Waals surface area contributed by atoms with E-state index in [-0.39, 0.29) is 6.04 Å². The van der Waals surface area contributed by atoms with E-state index in [1.807, 2.05) is 19.1 Å². The number of benzene rings is 1. The molecule has 4 heteroatoms. The molecule has 0 spiro atoms. The summed E-state index contributed by atoms with van der Waals surface area (Å²) in [5.41, 5.74) is 2.40. The Morgan fingerprint density at radius 3 is 2.65 bits per heavy atom. The monoisotopic (exact) mass is 280 g/mol. The van der Waals surface area contributed by atoms with Gasteiger partial charge in [0.05, 0.1) is 13.7 Å². The van der Waals surface area contributed by atoms with Gasteiger partial charge in [0.15, 0.2) is 0 Å². The molecule has 1 unspecified atom stereocenters. The molecule has 0 bridgehead atoms. The zero-order valence-electron chi connectivity index (χ0n) is 13.4. The number of nitrogens with zero attached hydrogens (tertiary/aromatic N) is 1. The Kier molecular flexibility index (Phi) is 7.41. The number of anilines is 1. The van der Waals surface area contributed by atoms with Gasteiger partial charge in [0.25, 0.3) is 0 Å². The molecule has 20 heavy (non-hydrogen) atoms. The fourth-order valence-electron chi connectivity index (χ4n) is 2.35. The van der Waals surface area contributed by atoms with Crippen molar-refractivity contribution in [2.24, 2.45) is 0 Å². The molecule has 0 radical (unpaired) electrons. The molecule has 0 saturated carbocycles. The van der Waals surface area contributed by atoms with Crippen LogP contribution in [-0.2, 0) is 4.74 Å². The predicted octanol–water partition coefficient (Wildman–Crippen LogP) is 2.84. The second-order valence-electron chi connectivity index (χ2n) is 4.79. The Labute approximate surface area is 123 Å². The van der Waals surface area contributed by atoms with Gasteiger partial charge in [-0.05, 0) is 32.5 Å². The molecule has 1 aromatic carbocycles. The minimum Gasteiger partial charge on any atom is -0.496 e. The van der Waals surface area contributed by atoms with Gasteiger partial charge >= 0.3 is 0 Å². The van der Waals surface area contributed by atoms with Crippen molar-refractivity contribution in [3.63, 3.8) is 0 Å². The van der Waals surface area contributed by atoms with Gasteiger partial charge in [0.2, 0.25) is 0 Å². The third-order valence-electron chi connectivity index (χ3n) is 3.39. The van der Waals surface area contributed by atoms with Crippen molar-refractivity contribution in [1.82, 2.24) is 5.32 Å². The predicted molar refractivity (Wildman–Crippen MR) is 84.8 cm³/mol. The summed E-state index contributed by atoms with van der Waals surface area (Å²) in [6, 6.07) is 6.44. The van der Waals surface area contributed by atoms with Crippen molar-refractivity contribution in [3.8, 4) is 5.75 Å². The number of methoxy groups -OCH3 is 1. The fraction of sp³-hybridized carbons (Fsp3) is 0.625. The molecular weight excluding hydrogens is 252 g/mol. The summed E-state index contributed by atoms with van der Waals surface area (Å²) in [5.74, 6) is 0.930. The first-order valence-electron chi connectivity index (χ1n) is 7.34. The van der Waals surface area contributed by atoms with Crippen LogP contribution >= 0.6 is 0 Å². The van der Waals surface area contributed by atoms with Crippen molar-refractivity contribution in [2.45, 2.75) is 26.8 Å². The van der Waals surface area contributed by atoms with E-state index in [1.165, 1.54) is 11.3 Å². The quantitative estimate of drug-likeness (QED) is 0.705. The molecule has 0 amide bonds. The van der Waals surface area contributed by atoms with E-state index in [2.05, 4.69) is 37.2 Å². The first-order valence-corrected chi connectivity index (χ1v) is 7.34. The average Bonchev–Trinajstić information content (AvgIpc) is 2.46. The van der Waals surface area contributed by atoms with E-state index in [0.717, 1.165) is 32.1 Å². The van der Waals surface area contributed by atoms with Gasteiger partial charge < -0.3 is 19.7 Å². The second-order valence-corrected chi connectivity index (χ2v) is 4.79. The van der Waals surface area contributed by atoms with Crippen LogP contribution < -0.4 is 15.0 Å². The van der Waals surface area contributed by atoms with Crippen LogP contribution in [0.15, 0.2) is 18.2 Å². The lowest BCUT2D eigenvalue weighted by Gasteiger charge is -2.27. The Morgan fingerprint density at radius 2 is 2.05 bits per heavy atom. The zero-order valence-corrected chi connectivity index (χ0v) is 13.4. The standard InChI is InChI=1S/C16H28N2O2/c1-6-17-13(3)16-14(9-8-10-15(16)19-5)18(4)11-12-20-7-2/h8-10,13,17H,6-7,11-12H2,1-5H3. The van der Waals surface area contributed by atoms with Gasteiger partial charge in [-0.3, -0.25) is 0 Å². The first-order chi connectivity index (χ1) is 9.65. The van der Waals surface area contributed by atoms with Gasteiger partial charge in [0.1, 0.15) is 5.75 Å². The van der Waals surface area contributed by atoms with Crippen LogP contribution in [0.25, 0.3) is 0 Å². The smallest absolute Gasteiger partial charge is 0.125 e. The molecule has 1 atom stereocenters. The molecule has 0 aromatic heterocycles. The normalized spacial score (nSPS) is 12.2. The SMILES string of the molecule is CCNC(C)c1c(OC)cccc1N(C)CCOCC. The van der Waals surface area contributed by atoms with Gasteiger partial charge in [-0.2, -0.15) is 0 Å². The molecule has 0 aliphatic rings. The number of rotatable bonds is 9. The van der Waals surface area contributed by atoms with E-state index in [1.54, 1.807) is 7.11 Å². The topological polar surface area (TPSA) is 33.7 Å². The molecule has 0 saturated heterocycles. The first kappa shape index (κ1) is 16.8. The molecule has 0 heterocycles. The molecular formula is C16H28N2O2. The van der Waals surface area contributed by atoms with E-state index < -0.39 is 0 Å². The summed E-state index contributed by atoms with van der Waals surface area (Å²) in [4.78, 5) is 2.22. The second kappa shape index (κ2) is 8.82. The fourth-order valence-corrected chi connectivity index (χ4v) is 2.35. The van der Waals surface area contributed by atoms with Crippen LogP contribution in [0.1, 0.15) is 32.4 Å². The lowest BCUT2D eigenvalue weighted by molar-refractivity contribution is 0.154. The maximum Gasteiger partial charge on any atom is 0.125 e. The van der Waals surface area contributed by atoms with Gasteiger partial charge in [-0.25, -0.2) is 0 Å². The Hall–Kier alpha value is -1.26. The number of hydrogen-bond donors (Lipinski definition) is 1. The summed E-state index contributed by atoms with van der Waals surface area (Å²) in [5, 5.41) is 3.46. The molecule has 0 aliphatic carbocycles. The van der Waals surface area contributed by atoms with Crippen molar-refractivity contribution < 1.29 is 9.47 Å². The van der Waals surface area contributed by atoms with Crippen LogP contribution in [0, 0.1) is 0 Å². The molecule has 4 nitrogen and oxygen atoms in total. The Bertz CT molecular complexity index is 396. The Balaban J connectivity index is 2.98. The van der Waals surface area contributed by atoms with Crippen molar-refractivity contribution in [1.29, 1.82) is 0 Å². The molecule has 1 rings (SSSR count). The lowest BCUT2D eigenvalue weighted by Crippen LogP contribution is -2.26. The van der Waals surface area contributed by atoms with Crippen molar-refractivity contribution in [2.75, 3.05) is 45.4 Å². The lowest BCUT2D eigenvalue weighted by atomic mass is 10.0. The van der Waals surface area contributed by atoms with Crippen molar-refractivity contribution >= 4 is 5.69 Å². The van der Waals surface area contributed by atoms with Crippen molar-refractivity contribution in [3.05, 3.63) is 23.8 Å². The van der Waals surface area contributed by atoms with Gasteiger partial charge in [-0.1, -0.05) is 13.0 Å². The van der Waals surface area contributed by atoms with E-state index in [4.69, 9.17) is 9.47 Å². The molecule has 114 valence electrons. The summed E-state index contributed by atoms with van der Waals surface area (Å²) in [6.45, 7) is 9.59. The maximum atomic E-state index is 5.53. The summed E-state index contributed by atoms with van der Waals surface area (Å²) < 4.78 is 11.0. The molecule has 0 aliphatic heterocycles. The van der Waals surface area contributed by atoms with Gasteiger partial charge in [0, 0.05) is 37.5 Å². The third kappa shape index (κ3) is 4.39. The highest BCUT2D eigenvalue weighted by atomic mass is 16.5. The maximum absolute atomic E-state index is 5.53. The average molecular weight is 280 g/mol. The van der Waals surface area contributed by atoms with E-state index in [9.17, 15) is 0 Å².